The van der Waals surface area contributed by atoms with E-state index in [0.717, 1.165) is 23.3 Å². The molecule has 4 aromatic rings. The Morgan fingerprint density at radius 2 is 1.54 bits per heavy atom. The topological polar surface area (TPSA) is 88.5 Å². The molecule has 0 spiro atoms. The molecule has 0 bridgehead atoms. The molecule has 1 unspecified atom stereocenters. The number of hydrogen-bond donors (Lipinski definition) is 2. The van der Waals surface area contributed by atoms with Crippen LogP contribution in [0.4, 0.5) is 5.69 Å². The SMILES string of the molecule is CC(C(=O)Nc1ccccc1Cc1ccccc1C(=O)O)c1ccc(OCCc2ccncc2)cc1.Cl. The van der Waals surface area contributed by atoms with Crippen LogP contribution in [0.3, 0.4) is 0 Å². The number of benzene rings is 3. The summed E-state index contributed by atoms with van der Waals surface area (Å²) in [4.78, 5) is 28.7. The molecule has 4 rings (SSSR count). The fraction of sp³-hybridized carbons (Fsp3) is 0.167. The number of halogens is 1. The normalized spacial score (nSPS) is 11.2. The lowest BCUT2D eigenvalue weighted by Crippen LogP contribution is -2.20. The number of nitrogens with one attached hydrogen (secondary N) is 1. The van der Waals surface area contributed by atoms with Crippen molar-refractivity contribution in [3.8, 4) is 5.75 Å². The zero-order valence-corrected chi connectivity index (χ0v) is 21.3. The summed E-state index contributed by atoms with van der Waals surface area (Å²) >= 11 is 0. The lowest BCUT2D eigenvalue weighted by Gasteiger charge is -2.16. The molecule has 2 N–H and O–H groups in total. The van der Waals surface area contributed by atoms with Gasteiger partial charge in [-0.3, -0.25) is 9.78 Å². The maximum Gasteiger partial charge on any atom is 0.335 e. The summed E-state index contributed by atoms with van der Waals surface area (Å²) in [5, 5.41) is 12.5. The lowest BCUT2D eigenvalue weighted by atomic mass is 9.97. The zero-order chi connectivity index (χ0) is 25.3. The molecule has 0 aliphatic rings. The average Bonchev–Trinajstić information content (AvgIpc) is 2.90. The van der Waals surface area contributed by atoms with Crippen LogP contribution in [0, 0.1) is 0 Å². The van der Waals surface area contributed by atoms with Crippen molar-refractivity contribution in [2.75, 3.05) is 11.9 Å². The highest BCUT2D eigenvalue weighted by atomic mass is 35.5. The quantitative estimate of drug-likeness (QED) is 0.263. The molecular formula is C30H29ClN2O4. The van der Waals surface area contributed by atoms with Gasteiger partial charge >= 0.3 is 5.97 Å². The van der Waals surface area contributed by atoms with Crippen molar-refractivity contribution in [3.63, 3.8) is 0 Å². The molecule has 1 aromatic heterocycles. The maximum absolute atomic E-state index is 13.1. The number of ether oxygens (including phenoxy) is 1. The molecule has 37 heavy (non-hydrogen) atoms. The highest BCUT2D eigenvalue weighted by molar-refractivity contribution is 5.96. The van der Waals surface area contributed by atoms with Crippen LogP contribution >= 0.6 is 12.4 Å². The Kier molecular flexibility index (Phi) is 9.81. The van der Waals surface area contributed by atoms with Crippen LogP contribution < -0.4 is 10.1 Å². The van der Waals surface area contributed by atoms with E-state index in [1.807, 2.05) is 73.7 Å². The average molecular weight is 517 g/mol. The third-order valence-corrected chi connectivity index (χ3v) is 6.09. The van der Waals surface area contributed by atoms with Gasteiger partial charge < -0.3 is 15.2 Å². The van der Waals surface area contributed by atoms with E-state index in [4.69, 9.17) is 4.74 Å². The van der Waals surface area contributed by atoms with Gasteiger partial charge in [-0.15, -0.1) is 12.4 Å². The number of nitrogens with zero attached hydrogens (tertiary/aromatic N) is 1. The molecule has 1 amide bonds. The van der Waals surface area contributed by atoms with Crippen LogP contribution in [-0.4, -0.2) is 28.6 Å². The van der Waals surface area contributed by atoms with Gasteiger partial charge in [-0.1, -0.05) is 48.5 Å². The van der Waals surface area contributed by atoms with E-state index in [0.29, 0.717) is 24.3 Å². The van der Waals surface area contributed by atoms with Crippen molar-refractivity contribution in [1.29, 1.82) is 0 Å². The second-order valence-corrected chi connectivity index (χ2v) is 8.53. The molecule has 7 heteroatoms. The summed E-state index contributed by atoms with van der Waals surface area (Å²) in [6, 6.07) is 25.9. The Morgan fingerprint density at radius 1 is 0.892 bits per heavy atom. The molecule has 1 atom stereocenters. The van der Waals surface area contributed by atoms with Gasteiger partial charge in [0.15, 0.2) is 0 Å². The summed E-state index contributed by atoms with van der Waals surface area (Å²) in [6.45, 7) is 2.41. The summed E-state index contributed by atoms with van der Waals surface area (Å²) < 4.78 is 5.84. The first kappa shape index (κ1) is 27.4. The van der Waals surface area contributed by atoms with E-state index in [1.54, 1.807) is 30.6 Å². The molecule has 190 valence electrons. The van der Waals surface area contributed by atoms with Gasteiger partial charge in [0.25, 0.3) is 0 Å². The molecule has 1 heterocycles. The number of anilines is 1. The number of carbonyl (C=O) groups excluding carboxylic acids is 1. The fourth-order valence-electron chi connectivity index (χ4n) is 3.97. The van der Waals surface area contributed by atoms with Crippen molar-refractivity contribution >= 4 is 30.0 Å². The second-order valence-electron chi connectivity index (χ2n) is 8.53. The molecule has 0 saturated carbocycles. The van der Waals surface area contributed by atoms with Gasteiger partial charge in [-0.25, -0.2) is 4.79 Å². The molecule has 0 aliphatic carbocycles. The first-order chi connectivity index (χ1) is 17.5. The van der Waals surface area contributed by atoms with Gasteiger partial charge in [0.05, 0.1) is 18.1 Å². The number of aromatic nitrogens is 1. The van der Waals surface area contributed by atoms with Crippen LogP contribution in [0.15, 0.2) is 97.3 Å². The highest BCUT2D eigenvalue weighted by Crippen LogP contribution is 2.25. The predicted molar refractivity (Wildman–Crippen MR) is 147 cm³/mol. The lowest BCUT2D eigenvalue weighted by molar-refractivity contribution is -0.117. The molecular weight excluding hydrogens is 488 g/mol. The van der Waals surface area contributed by atoms with Crippen LogP contribution in [0.1, 0.15) is 45.5 Å². The number of aromatic carboxylic acids is 1. The van der Waals surface area contributed by atoms with Crippen molar-refractivity contribution < 1.29 is 19.4 Å². The maximum atomic E-state index is 13.1. The van der Waals surface area contributed by atoms with Crippen LogP contribution in [0.25, 0.3) is 0 Å². The van der Waals surface area contributed by atoms with E-state index in [-0.39, 0.29) is 29.8 Å². The van der Waals surface area contributed by atoms with E-state index >= 15 is 0 Å². The van der Waals surface area contributed by atoms with Gasteiger partial charge in [-0.2, -0.15) is 0 Å². The minimum absolute atomic E-state index is 0. The van der Waals surface area contributed by atoms with Crippen molar-refractivity contribution in [1.82, 2.24) is 4.98 Å². The molecule has 3 aromatic carbocycles. The van der Waals surface area contributed by atoms with E-state index in [1.165, 1.54) is 5.56 Å². The standard InChI is InChI=1S/C30H28N2O4.ClH/c1-21(23-10-12-26(13-11-23)36-19-16-22-14-17-31-18-15-22)29(33)32-28-9-5-3-7-25(28)20-24-6-2-4-8-27(24)30(34)35;/h2-15,17-18,21H,16,19-20H2,1H3,(H,32,33)(H,34,35);1H. The minimum Gasteiger partial charge on any atom is -0.493 e. The predicted octanol–water partition coefficient (Wildman–Crippen LogP) is 6.16. The molecule has 0 saturated heterocycles. The first-order valence-corrected chi connectivity index (χ1v) is 11.8. The number of rotatable bonds is 10. The number of amides is 1. The first-order valence-electron chi connectivity index (χ1n) is 11.8. The number of para-hydroxylation sites is 1. The minimum atomic E-state index is -0.967. The number of hydrogen-bond acceptors (Lipinski definition) is 4. The van der Waals surface area contributed by atoms with Crippen molar-refractivity contribution in [3.05, 3.63) is 125 Å². The number of carboxylic acid groups (broad SMARTS) is 1. The van der Waals surface area contributed by atoms with E-state index in [9.17, 15) is 14.7 Å². The zero-order valence-electron chi connectivity index (χ0n) is 20.5. The molecule has 6 nitrogen and oxygen atoms in total. The summed E-state index contributed by atoms with van der Waals surface area (Å²) in [7, 11) is 0. The Hall–Kier alpha value is -4.16. The van der Waals surface area contributed by atoms with Crippen LogP contribution in [-0.2, 0) is 17.6 Å². The van der Waals surface area contributed by atoms with Gasteiger partial charge in [0, 0.05) is 30.9 Å². The smallest absolute Gasteiger partial charge is 0.335 e. The summed E-state index contributed by atoms with van der Waals surface area (Å²) in [6.07, 6.45) is 4.73. The van der Waals surface area contributed by atoms with Gasteiger partial charge in [0.2, 0.25) is 5.91 Å². The monoisotopic (exact) mass is 516 g/mol. The molecule has 0 aliphatic heterocycles. The Bertz CT molecular complexity index is 1330. The second kappa shape index (κ2) is 13.2. The largest absolute Gasteiger partial charge is 0.493 e. The van der Waals surface area contributed by atoms with Crippen molar-refractivity contribution in [2.45, 2.75) is 25.7 Å². The van der Waals surface area contributed by atoms with Gasteiger partial charge in [-0.05, 0) is 65.6 Å². The van der Waals surface area contributed by atoms with Crippen LogP contribution in [0.2, 0.25) is 0 Å². The number of carboxylic acids is 1. The van der Waals surface area contributed by atoms with E-state index in [2.05, 4.69) is 10.3 Å². The third-order valence-electron chi connectivity index (χ3n) is 6.09. The Labute approximate surface area is 222 Å². The van der Waals surface area contributed by atoms with Gasteiger partial charge in [0.1, 0.15) is 5.75 Å². The Balaban J connectivity index is 0.00000380. The fourth-order valence-corrected chi connectivity index (χ4v) is 3.97. The summed E-state index contributed by atoms with van der Waals surface area (Å²) in [5.41, 5.74) is 4.52. The number of pyridine rings is 1. The highest BCUT2D eigenvalue weighted by Gasteiger charge is 2.18. The summed E-state index contributed by atoms with van der Waals surface area (Å²) in [5.74, 6) is -0.732. The Morgan fingerprint density at radius 3 is 2.24 bits per heavy atom. The van der Waals surface area contributed by atoms with Crippen LogP contribution in [0.5, 0.6) is 5.75 Å². The molecule has 0 radical (unpaired) electrons. The van der Waals surface area contributed by atoms with Crippen molar-refractivity contribution in [2.24, 2.45) is 0 Å². The third kappa shape index (κ3) is 7.41. The van der Waals surface area contributed by atoms with E-state index < -0.39 is 5.97 Å². The molecule has 0 fully saturated rings. The number of carbonyl (C=O) groups is 2.